The number of hydrogen-bond acceptors (Lipinski definition) is 7. The number of para-hydroxylation sites is 2. The number of unbranched alkanes of at least 4 members (excludes halogenated alkanes) is 1. The summed E-state index contributed by atoms with van der Waals surface area (Å²) >= 11 is 0. The fraction of sp³-hybridized carbons (Fsp3) is 0.526. The van der Waals surface area contributed by atoms with Crippen molar-refractivity contribution in [2.24, 2.45) is 15.9 Å². The summed E-state index contributed by atoms with van der Waals surface area (Å²) in [5.41, 5.74) is 0. The predicted molar refractivity (Wildman–Crippen MR) is 99.6 cm³/mol. The molecule has 0 radical (unpaired) electrons. The zero-order chi connectivity index (χ0) is 19.7. The lowest BCUT2D eigenvalue weighted by Gasteiger charge is -2.17. The molecule has 1 aromatic rings. The first kappa shape index (κ1) is 22.1. The lowest BCUT2D eigenvalue weighted by atomic mass is 9.96. The molecule has 1 aromatic carbocycles. The molecule has 8 heteroatoms. The summed E-state index contributed by atoms with van der Waals surface area (Å²) in [5, 5.41) is 2.77. The Morgan fingerprint density at radius 3 is 2.33 bits per heavy atom. The highest BCUT2D eigenvalue weighted by Crippen LogP contribution is 2.25. The molecule has 27 heavy (non-hydrogen) atoms. The van der Waals surface area contributed by atoms with Gasteiger partial charge in [0.15, 0.2) is 11.5 Å². The van der Waals surface area contributed by atoms with Gasteiger partial charge in [0.2, 0.25) is 12.2 Å². The van der Waals surface area contributed by atoms with Crippen molar-refractivity contribution in [2.45, 2.75) is 32.1 Å². The molecule has 146 valence electrons. The molecule has 0 bridgehead atoms. The van der Waals surface area contributed by atoms with Crippen LogP contribution in [0.3, 0.4) is 0 Å². The summed E-state index contributed by atoms with van der Waals surface area (Å²) in [6.07, 6.45) is 6.53. The maximum absolute atomic E-state index is 12.1. The quantitative estimate of drug-likeness (QED) is 0.324. The van der Waals surface area contributed by atoms with Crippen molar-refractivity contribution < 1.29 is 23.9 Å². The Bertz CT molecular complexity index is 667. The van der Waals surface area contributed by atoms with Gasteiger partial charge in [-0.25, -0.2) is 24.4 Å². The maximum Gasteiger partial charge on any atom is 0.412 e. The average molecular weight is 375 g/mol. The van der Waals surface area contributed by atoms with Gasteiger partial charge in [-0.2, -0.15) is 0 Å². The summed E-state index contributed by atoms with van der Waals surface area (Å²) in [5.74, 6) is 1.03. The zero-order valence-electron chi connectivity index (χ0n) is 15.5. The number of amides is 1. The van der Waals surface area contributed by atoms with E-state index < -0.39 is 6.09 Å². The van der Waals surface area contributed by atoms with Gasteiger partial charge in [0.25, 0.3) is 0 Å². The number of methoxy groups -OCH3 is 1. The smallest absolute Gasteiger partial charge is 0.412 e. The van der Waals surface area contributed by atoms with Crippen molar-refractivity contribution in [2.75, 3.05) is 26.7 Å². The Morgan fingerprint density at radius 1 is 1.04 bits per heavy atom. The monoisotopic (exact) mass is 375 g/mol. The van der Waals surface area contributed by atoms with Crippen molar-refractivity contribution in [3.05, 3.63) is 24.3 Å². The van der Waals surface area contributed by atoms with Gasteiger partial charge in [0.1, 0.15) is 0 Å². The summed E-state index contributed by atoms with van der Waals surface area (Å²) in [6.45, 7) is 1.31. The van der Waals surface area contributed by atoms with E-state index in [4.69, 9.17) is 9.47 Å². The molecule has 1 unspecified atom stereocenters. The molecule has 0 aromatic heterocycles. The van der Waals surface area contributed by atoms with Gasteiger partial charge < -0.3 is 14.8 Å². The molecule has 0 aliphatic heterocycles. The van der Waals surface area contributed by atoms with E-state index in [0.717, 1.165) is 32.1 Å². The van der Waals surface area contributed by atoms with E-state index >= 15 is 0 Å². The molecule has 0 fully saturated rings. The Kier molecular flexibility index (Phi) is 11.7. The van der Waals surface area contributed by atoms with Crippen LogP contribution in [0, 0.1) is 5.92 Å². The van der Waals surface area contributed by atoms with Gasteiger partial charge in [-0.1, -0.05) is 18.6 Å². The summed E-state index contributed by atoms with van der Waals surface area (Å²) in [6, 6.07) is 6.90. The molecule has 0 saturated heterocycles. The van der Waals surface area contributed by atoms with E-state index in [1.54, 1.807) is 24.3 Å². The van der Waals surface area contributed by atoms with Crippen LogP contribution in [0.4, 0.5) is 4.79 Å². The zero-order valence-corrected chi connectivity index (χ0v) is 15.5. The number of carbonyl (C=O) groups is 1. The molecule has 1 amide bonds. The molecule has 0 heterocycles. The lowest BCUT2D eigenvalue weighted by Crippen LogP contribution is -2.32. The van der Waals surface area contributed by atoms with Crippen LogP contribution in [-0.2, 0) is 9.59 Å². The highest BCUT2D eigenvalue weighted by molar-refractivity contribution is 5.71. The fourth-order valence-corrected chi connectivity index (χ4v) is 2.59. The third-order valence-electron chi connectivity index (χ3n) is 3.95. The number of ether oxygens (including phenoxy) is 2. The highest BCUT2D eigenvalue weighted by atomic mass is 16.6. The van der Waals surface area contributed by atoms with Crippen molar-refractivity contribution >= 4 is 18.3 Å². The van der Waals surface area contributed by atoms with E-state index in [-0.39, 0.29) is 5.92 Å². The van der Waals surface area contributed by atoms with Crippen LogP contribution in [0.15, 0.2) is 34.3 Å². The minimum Gasteiger partial charge on any atom is -0.493 e. The van der Waals surface area contributed by atoms with Crippen LogP contribution < -0.4 is 14.8 Å². The Balaban J connectivity index is 2.47. The second-order valence-corrected chi connectivity index (χ2v) is 5.87. The van der Waals surface area contributed by atoms with E-state index in [1.165, 1.54) is 19.3 Å². The second kappa shape index (κ2) is 14.2. The minimum atomic E-state index is -0.555. The highest BCUT2D eigenvalue weighted by Gasteiger charge is 2.13. The molecule has 0 aliphatic carbocycles. The standard InChI is InChI=1S/C19H25N3O5/c1-26-17-9-2-3-10-18(17)27-19(25)22-13-16(8-6-12-21-15-24)7-4-5-11-20-14-23/h2-3,9-10,16H,4-8,11-13H2,1H3,(H,22,25). The van der Waals surface area contributed by atoms with E-state index in [2.05, 4.69) is 15.3 Å². The van der Waals surface area contributed by atoms with Gasteiger partial charge in [0, 0.05) is 6.54 Å². The number of hydrogen-bond donors (Lipinski definition) is 1. The van der Waals surface area contributed by atoms with Gasteiger partial charge in [-0.3, -0.25) is 0 Å². The largest absolute Gasteiger partial charge is 0.493 e. The van der Waals surface area contributed by atoms with Crippen molar-refractivity contribution in [3.8, 4) is 11.5 Å². The molecule has 1 N–H and O–H groups in total. The lowest BCUT2D eigenvalue weighted by molar-refractivity contribution is 0.195. The van der Waals surface area contributed by atoms with Crippen LogP contribution in [0.1, 0.15) is 32.1 Å². The number of aliphatic imine (C=N–C) groups is 2. The molecule has 0 aliphatic rings. The molecule has 0 saturated carbocycles. The van der Waals surface area contributed by atoms with Crippen molar-refractivity contribution in [3.63, 3.8) is 0 Å². The second-order valence-electron chi connectivity index (χ2n) is 5.87. The van der Waals surface area contributed by atoms with E-state index in [1.807, 2.05) is 0 Å². The number of nitrogens with one attached hydrogen (secondary N) is 1. The molecule has 8 nitrogen and oxygen atoms in total. The normalized spacial score (nSPS) is 10.9. The number of rotatable bonds is 13. The third kappa shape index (κ3) is 9.94. The first-order chi connectivity index (χ1) is 13.2. The maximum atomic E-state index is 12.1. The molecule has 0 spiro atoms. The van der Waals surface area contributed by atoms with Crippen LogP contribution in [0.5, 0.6) is 11.5 Å². The summed E-state index contributed by atoms with van der Waals surface area (Å²) in [7, 11) is 1.51. The van der Waals surface area contributed by atoms with E-state index in [9.17, 15) is 14.4 Å². The minimum absolute atomic E-state index is 0.206. The van der Waals surface area contributed by atoms with E-state index in [0.29, 0.717) is 31.1 Å². The third-order valence-corrected chi connectivity index (χ3v) is 3.95. The van der Waals surface area contributed by atoms with Crippen LogP contribution in [0.2, 0.25) is 0 Å². The Hall–Kier alpha value is -2.95. The predicted octanol–water partition coefficient (Wildman–Crippen LogP) is 3.02. The fourth-order valence-electron chi connectivity index (χ4n) is 2.59. The Labute approximate surface area is 158 Å². The molecule has 1 rings (SSSR count). The van der Waals surface area contributed by atoms with Crippen molar-refractivity contribution in [1.82, 2.24) is 5.32 Å². The first-order valence-electron chi connectivity index (χ1n) is 8.87. The topological polar surface area (TPSA) is 106 Å². The van der Waals surface area contributed by atoms with Gasteiger partial charge in [-0.05, 0) is 43.7 Å². The SMILES string of the molecule is COc1ccccc1OC(=O)NCC(CCCCN=C=O)CCCN=C=O. The van der Waals surface area contributed by atoms with Crippen molar-refractivity contribution in [1.29, 1.82) is 0 Å². The first-order valence-corrected chi connectivity index (χ1v) is 8.87. The van der Waals surface area contributed by atoms with Crippen LogP contribution in [-0.4, -0.2) is 45.0 Å². The molecule has 1 atom stereocenters. The van der Waals surface area contributed by atoms with Crippen LogP contribution in [0.25, 0.3) is 0 Å². The Morgan fingerprint density at radius 2 is 1.67 bits per heavy atom. The summed E-state index contributed by atoms with van der Waals surface area (Å²) < 4.78 is 10.4. The number of nitrogens with zero attached hydrogens (tertiary/aromatic N) is 2. The number of benzene rings is 1. The average Bonchev–Trinajstić information content (AvgIpc) is 2.69. The van der Waals surface area contributed by atoms with Gasteiger partial charge in [-0.15, -0.1) is 0 Å². The van der Waals surface area contributed by atoms with Gasteiger partial charge in [0.05, 0.1) is 20.2 Å². The number of carbonyl (C=O) groups excluding carboxylic acids is 3. The molecular weight excluding hydrogens is 350 g/mol. The van der Waals surface area contributed by atoms with Crippen LogP contribution >= 0.6 is 0 Å². The van der Waals surface area contributed by atoms with Gasteiger partial charge >= 0.3 is 6.09 Å². The number of isocyanates is 2. The molecular formula is C19H25N3O5. The summed E-state index contributed by atoms with van der Waals surface area (Å²) in [4.78, 5) is 39.4.